The molecule has 0 spiro atoms. The van der Waals surface area contributed by atoms with Crippen molar-refractivity contribution < 1.29 is 60.4 Å². The molecular weight excluding hydrogens is 592 g/mol. The number of benzene rings is 1. The molecule has 2 aromatic rings. The minimum Gasteiger partial charge on any atom is -0.394 e. The van der Waals surface area contributed by atoms with Crippen molar-refractivity contribution >= 4 is 16.9 Å². The van der Waals surface area contributed by atoms with E-state index in [4.69, 9.17) is 10.2 Å². The Morgan fingerprint density at radius 1 is 0.867 bits per heavy atom. The van der Waals surface area contributed by atoms with Gasteiger partial charge in [-0.05, 0) is 45.2 Å². The molecule has 15 nitrogen and oxygen atoms in total. The van der Waals surface area contributed by atoms with Crippen LogP contribution in [0.4, 0.5) is 0 Å². The lowest BCUT2D eigenvalue weighted by atomic mass is 9.97. The lowest BCUT2D eigenvalue weighted by Crippen LogP contribution is -2.56. The van der Waals surface area contributed by atoms with Crippen LogP contribution in [-0.2, 0) is 13.1 Å². The normalized spacial score (nSPS) is 21.4. The average molecular weight is 644 g/mol. The molecule has 1 amide bonds. The first-order chi connectivity index (χ1) is 21.4. The number of hydrogen-bond acceptors (Lipinski definition) is 12. The molecule has 45 heavy (non-hydrogen) atoms. The van der Waals surface area contributed by atoms with E-state index in [9.17, 15) is 45.6 Å². The summed E-state index contributed by atoms with van der Waals surface area (Å²) in [6.45, 7) is 3.35. The molecule has 0 radical (unpaired) electrons. The zero-order valence-electron chi connectivity index (χ0n) is 26.0. The summed E-state index contributed by atoms with van der Waals surface area (Å²) in [5.74, 6) is -0.203. The third kappa shape index (κ3) is 8.75. The summed E-state index contributed by atoms with van der Waals surface area (Å²) in [5, 5.41) is 101. The lowest BCUT2D eigenvalue weighted by Gasteiger charge is -2.40. The van der Waals surface area contributed by atoms with Gasteiger partial charge in [-0.1, -0.05) is 6.07 Å². The average Bonchev–Trinajstić information content (AvgIpc) is 3.44. The van der Waals surface area contributed by atoms with E-state index >= 15 is 0 Å². The Morgan fingerprint density at radius 3 is 1.93 bits per heavy atom. The fraction of sp³-hybridized carbons (Fsp3) is 0.733. The van der Waals surface area contributed by atoms with Crippen LogP contribution in [0.1, 0.15) is 43.5 Å². The maximum Gasteiger partial charge on any atom is 0.258 e. The Hall–Kier alpha value is -2.28. The Labute approximate surface area is 262 Å². The second-order valence-corrected chi connectivity index (χ2v) is 11.8. The molecule has 0 saturated carbocycles. The third-order valence-corrected chi connectivity index (χ3v) is 8.70. The van der Waals surface area contributed by atoms with E-state index in [1.54, 1.807) is 11.0 Å². The molecule has 0 aliphatic carbocycles. The predicted molar refractivity (Wildman–Crippen MR) is 161 cm³/mol. The number of nitrogens with zero attached hydrogens (tertiary/aromatic N) is 4. The van der Waals surface area contributed by atoms with Gasteiger partial charge in [0.25, 0.3) is 5.91 Å². The highest BCUT2D eigenvalue weighted by Crippen LogP contribution is 2.25. The Bertz CT molecular complexity index is 1190. The summed E-state index contributed by atoms with van der Waals surface area (Å²) < 4.78 is 4.08. The molecular formula is C30H51N4O11+. The van der Waals surface area contributed by atoms with Gasteiger partial charge in [0, 0.05) is 32.2 Å². The van der Waals surface area contributed by atoms with Crippen LogP contribution < -0.4 is 4.57 Å². The van der Waals surface area contributed by atoms with E-state index in [0.717, 1.165) is 30.4 Å². The summed E-state index contributed by atoms with van der Waals surface area (Å²) in [5.41, 5.74) is 2.24. The highest BCUT2D eigenvalue weighted by Gasteiger charge is 2.37. The largest absolute Gasteiger partial charge is 0.394 e. The van der Waals surface area contributed by atoms with E-state index in [0.29, 0.717) is 25.1 Å². The van der Waals surface area contributed by atoms with Crippen LogP contribution in [0.3, 0.4) is 0 Å². The van der Waals surface area contributed by atoms with Crippen LogP contribution in [0, 0.1) is 0 Å². The first kappa shape index (κ1) is 37.2. The number of carbonyl (C=O) groups excluding carboxylic acids is 1. The van der Waals surface area contributed by atoms with Gasteiger partial charge in [-0.15, -0.1) is 0 Å². The SMILES string of the molecule is CCn1c[n+](CC)c2c(C(=O)N3CCCCC3CN(C[C@H](O)[C@@H](O)[C@H](O)[C@H](O)CO)C[C@H](O)[C@@H](O)[C@H](O)[C@H](O)CO)cccc21. The molecule has 10 N–H and O–H groups in total. The number of rotatable bonds is 17. The summed E-state index contributed by atoms with van der Waals surface area (Å²) in [6.07, 6.45) is -10.3. The van der Waals surface area contributed by atoms with E-state index in [1.165, 1.54) is 4.90 Å². The number of imidazole rings is 1. The second kappa shape index (κ2) is 17.0. The van der Waals surface area contributed by atoms with Crippen LogP contribution in [0.15, 0.2) is 24.5 Å². The first-order valence-electron chi connectivity index (χ1n) is 15.6. The van der Waals surface area contributed by atoms with E-state index in [1.807, 2.05) is 36.9 Å². The van der Waals surface area contributed by atoms with Gasteiger partial charge in [0.1, 0.15) is 36.6 Å². The third-order valence-electron chi connectivity index (χ3n) is 8.70. The number of fused-ring (bicyclic) bond motifs is 1. The predicted octanol–water partition coefficient (Wildman–Crippen LogP) is -3.86. The summed E-state index contributed by atoms with van der Waals surface area (Å²) in [4.78, 5) is 17.3. The van der Waals surface area contributed by atoms with Gasteiger partial charge in [-0.3, -0.25) is 9.69 Å². The molecule has 0 bridgehead atoms. The van der Waals surface area contributed by atoms with Crippen molar-refractivity contribution in [2.75, 3.05) is 39.4 Å². The number of aliphatic hydroxyl groups is 10. The van der Waals surface area contributed by atoms with Gasteiger partial charge in [0.2, 0.25) is 6.33 Å². The second-order valence-electron chi connectivity index (χ2n) is 11.8. The van der Waals surface area contributed by atoms with Gasteiger partial charge in [0.05, 0.1) is 44.1 Å². The van der Waals surface area contributed by atoms with Crippen molar-refractivity contribution in [2.24, 2.45) is 0 Å². The molecule has 1 aromatic carbocycles. The number of aryl methyl sites for hydroxylation is 2. The van der Waals surface area contributed by atoms with Crippen molar-refractivity contribution in [3.8, 4) is 0 Å². The molecule has 3 rings (SSSR count). The molecule has 9 atom stereocenters. The highest BCUT2D eigenvalue weighted by molar-refractivity contribution is 6.04. The molecule has 15 heteroatoms. The van der Waals surface area contributed by atoms with Gasteiger partial charge in [-0.25, -0.2) is 9.13 Å². The molecule has 2 heterocycles. The van der Waals surface area contributed by atoms with Crippen LogP contribution in [0.25, 0.3) is 11.0 Å². The molecule has 1 fully saturated rings. The Kier molecular flexibility index (Phi) is 14.1. The fourth-order valence-electron chi connectivity index (χ4n) is 6.02. The van der Waals surface area contributed by atoms with Crippen molar-refractivity contribution in [2.45, 2.75) is 101 Å². The smallest absolute Gasteiger partial charge is 0.258 e. The zero-order valence-corrected chi connectivity index (χ0v) is 26.0. The number of para-hydroxylation sites is 1. The van der Waals surface area contributed by atoms with Crippen LogP contribution in [0.5, 0.6) is 0 Å². The van der Waals surface area contributed by atoms with Gasteiger partial charge >= 0.3 is 0 Å². The Balaban J connectivity index is 1.91. The van der Waals surface area contributed by atoms with Crippen LogP contribution in [0.2, 0.25) is 0 Å². The number of likely N-dealkylation sites (tertiary alicyclic amines) is 1. The quantitative estimate of drug-likeness (QED) is 0.0746. The van der Waals surface area contributed by atoms with Crippen molar-refractivity contribution in [1.29, 1.82) is 0 Å². The van der Waals surface area contributed by atoms with E-state index in [-0.39, 0.29) is 12.5 Å². The van der Waals surface area contributed by atoms with Gasteiger partial charge < -0.3 is 56.0 Å². The molecule has 1 aliphatic heterocycles. The maximum atomic E-state index is 14.2. The molecule has 1 aliphatic rings. The number of aromatic nitrogens is 2. The highest BCUT2D eigenvalue weighted by atomic mass is 16.4. The molecule has 256 valence electrons. The summed E-state index contributed by atoms with van der Waals surface area (Å²) in [6, 6.07) is 5.14. The van der Waals surface area contributed by atoms with E-state index < -0.39 is 81.2 Å². The summed E-state index contributed by atoms with van der Waals surface area (Å²) in [7, 11) is 0. The first-order valence-corrected chi connectivity index (χ1v) is 15.6. The maximum absolute atomic E-state index is 14.2. The minimum absolute atomic E-state index is 0.0519. The lowest BCUT2D eigenvalue weighted by molar-refractivity contribution is -0.668. The number of aliphatic hydroxyl groups excluding tert-OH is 10. The number of piperidine rings is 1. The molecule has 1 aromatic heterocycles. The van der Waals surface area contributed by atoms with Crippen molar-refractivity contribution in [3.05, 3.63) is 30.1 Å². The van der Waals surface area contributed by atoms with Crippen LogP contribution >= 0.6 is 0 Å². The topological polar surface area (TPSA) is 235 Å². The number of hydrogen-bond donors (Lipinski definition) is 10. The molecule has 1 unspecified atom stereocenters. The molecule has 1 saturated heterocycles. The van der Waals surface area contributed by atoms with Crippen molar-refractivity contribution in [1.82, 2.24) is 14.4 Å². The monoisotopic (exact) mass is 643 g/mol. The van der Waals surface area contributed by atoms with Crippen molar-refractivity contribution in [3.63, 3.8) is 0 Å². The van der Waals surface area contributed by atoms with Gasteiger partial charge in [0.15, 0.2) is 11.0 Å². The van der Waals surface area contributed by atoms with Gasteiger partial charge in [-0.2, -0.15) is 0 Å². The summed E-state index contributed by atoms with van der Waals surface area (Å²) >= 11 is 0. The zero-order chi connectivity index (χ0) is 33.4. The van der Waals surface area contributed by atoms with Crippen LogP contribution in [-0.4, -0.2) is 166 Å². The van der Waals surface area contributed by atoms with E-state index in [2.05, 4.69) is 4.57 Å². The number of carbonyl (C=O) groups is 1. The minimum atomic E-state index is -1.90. The fourth-order valence-corrected chi connectivity index (χ4v) is 6.02. The Morgan fingerprint density at radius 2 is 1.42 bits per heavy atom. The number of amides is 1. The standard InChI is InChI=1S/C30H51N4O11/c1-3-32-17-33(4-2)25-19(9-7-10-20(25)32)30(45)34-11-6-5-8-18(34)12-31(13-21(37)26(41)28(43)23(39)15-35)14-22(38)27(42)29(44)24(40)16-36/h7,9-10,17-18,21-24,26-29,35-44H,3-6,8,11-16H2,1-2H3/q+1/t18?,21-,22-,23+,24+,26+,27+,28+,29+/m0/s1.